The van der Waals surface area contributed by atoms with Gasteiger partial charge in [0.2, 0.25) is 0 Å². The van der Waals surface area contributed by atoms with E-state index in [1.54, 1.807) is 12.3 Å². The predicted octanol–water partition coefficient (Wildman–Crippen LogP) is 2.73. The highest BCUT2D eigenvalue weighted by Crippen LogP contribution is 2.03. The number of hydrogen-bond donors (Lipinski definition) is 1. The fourth-order valence-corrected chi connectivity index (χ4v) is 1.96. The Balaban J connectivity index is 2.33. The van der Waals surface area contributed by atoms with Gasteiger partial charge in [-0.05, 0) is 36.3 Å². The number of rotatable bonds is 6. The maximum absolute atomic E-state index is 11.7. The zero-order valence-corrected chi connectivity index (χ0v) is 11.7. The monoisotopic (exact) mass is 332 g/mol. The average Bonchev–Trinajstić information content (AvgIpc) is 2.29. The number of aromatic nitrogens is 1. The van der Waals surface area contributed by atoms with E-state index >= 15 is 0 Å². The maximum atomic E-state index is 11.7. The Labute approximate surface area is 110 Å². The average molecular weight is 332 g/mol. The van der Waals surface area contributed by atoms with Gasteiger partial charge in [-0.2, -0.15) is 0 Å². The molecule has 1 amide bonds. The lowest BCUT2D eigenvalue weighted by Gasteiger charge is -2.06. The van der Waals surface area contributed by atoms with Gasteiger partial charge in [0, 0.05) is 18.4 Å². The molecule has 1 aromatic rings. The summed E-state index contributed by atoms with van der Waals surface area (Å²) in [5.74, 6) is -0.0138. The van der Waals surface area contributed by atoms with E-state index in [9.17, 15) is 4.79 Å². The van der Waals surface area contributed by atoms with Gasteiger partial charge in [-0.3, -0.25) is 9.78 Å². The van der Waals surface area contributed by atoms with Crippen molar-refractivity contribution in [1.29, 1.82) is 0 Å². The number of amides is 1. The summed E-state index contributed by atoms with van der Waals surface area (Å²) < 4.78 is 1.19. The molecule has 0 saturated heterocycles. The first-order valence-corrected chi connectivity index (χ1v) is 7.04. The highest BCUT2D eigenvalue weighted by Gasteiger charge is 2.07. The summed E-state index contributed by atoms with van der Waals surface area (Å²) in [5.41, 5.74) is 1.46. The van der Waals surface area contributed by atoms with Crippen LogP contribution in [0.3, 0.4) is 0 Å². The zero-order chi connectivity index (χ0) is 11.8. The summed E-state index contributed by atoms with van der Waals surface area (Å²) >= 11 is 2.37. The number of unbranched alkanes of at least 4 members (excludes halogenated alkanes) is 2. The third-order valence-corrected chi connectivity index (χ3v) is 3.11. The standard InChI is InChI=1S/C12H17IN2O/c1-10-11(6-5-9-14-10)12(16)15-8-4-2-3-7-13/h5-6,9H,2-4,7-8H2,1H3,(H,15,16). The molecular formula is C12H17IN2O. The van der Waals surface area contributed by atoms with E-state index < -0.39 is 0 Å². The molecule has 0 aliphatic rings. The van der Waals surface area contributed by atoms with E-state index in [0.29, 0.717) is 5.56 Å². The summed E-state index contributed by atoms with van der Waals surface area (Å²) in [4.78, 5) is 15.8. The smallest absolute Gasteiger partial charge is 0.253 e. The molecule has 16 heavy (non-hydrogen) atoms. The highest BCUT2D eigenvalue weighted by molar-refractivity contribution is 14.1. The third kappa shape index (κ3) is 4.47. The molecule has 1 N–H and O–H groups in total. The van der Waals surface area contributed by atoms with Gasteiger partial charge in [-0.15, -0.1) is 0 Å². The van der Waals surface area contributed by atoms with Crippen molar-refractivity contribution in [3.63, 3.8) is 0 Å². The van der Waals surface area contributed by atoms with Crippen LogP contribution < -0.4 is 5.32 Å². The Morgan fingerprint density at radius 3 is 2.94 bits per heavy atom. The van der Waals surface area contributed by atoms with E-state index in [2.05, 4.69) is 32.9 Å². The number of halogens is 1. The van der Waals surface area contributed by atoms with Crippen molar-refractivity contribution < 1.29 is 4.79 Å². The van der Waals surface area contributed by atoms with Gasteiger partial charge in [0.05, 0.1) is 5.56 Å². The number of nitrogens with zero attached hydrogens (tertiary/aromatic N) is 1. The fourth-order valence-electron chi connectivity index (χ4n) is 1.42. The van der Waals surface area contributed by atoms with Gasteiger partial charge in [0.25, 0.3) is 5.91 Å². The Morgan fingerprint density at radius 2 is 2.25 bits per heavy atom. The molecule has 3 nitrogen and oxygen atoms in total. The van der Waals surface area contributed by atoms with E-state index in [1.807, 2.05) is 13.0 Å². The summed E-state index contributed by atoms with van der Waals surface area (Å²) in [6.07, 6.45) is 5.15. The Morgan fingerprint density at radius 1 is 1.44 bits per heavy atom. The van der Waals surface area contributed by atoms with Crippen LogP contribution in [0.2, 0.25) is 0 Å². The van der Waals surface area contributed by atoms with Crippen LogP contribution in [0, 0.1) is 6.92 Å². The third-order valence-electron chi connectivity index (χ3n) is 2.35. The SMILES string of the molecule is Cc1ncccc1C(=O)NCCCCCI. The fraction of sp³-hybridized carbons (Fsp3) is 0.500. The Bertz CT molecular complexity index is 342. The molecule has 0 unspecified atom stereocenters. The van der Waals surface area contributed by atoms with Crippen molar-refractivity contribution in [3.8, 4) is 0 Å². The molecular weight excluding hydrogens is 315 g/mol. The Hall–Kier alpha value is -0.650. The second kappa shape index (κ2) is 7.60. The van der Waals surface area contributed by atoms with Gasteiger partial charge in [-0.25, -0.2) is 0 Å². The minimum atomic E-state index is -0.0138. The van der Waals surface area contributed by atoms with Crippen molar-refractivity contribution in [2.24, 2.45) is 0 Å². The maximum Gasteiger partial charge on any atom is 0.253 e. The largest absolute Gasteiger partial charge is 0.352 e. The lowest BCUT2D eigenvalue weighted by atomic mass is 10.2. The van der Waals surface area contributed by atoms with E-state index in [1.165, 1.54) is 17.3 Å². The van der Waals surface area contributed by atoms with Crippen molar-refractivity contribution in [2.45, 2.75) is 26.2 Å². The Kier molecular flexibility index (Phi) is 6.37. The zero-order valence-electron chi connectivity index (χ0n) is 9.50. The molecule has 88 valence electrons. The number of pyridine rings is 1. The molecule has 0 aliphatic heterocycles. The second-order valence-electron chi connectivity index (χ2n) is 3.64. The van der Waals surface area contributed by atoms with Crippen LogP contribution in [-0.2, 0) is 0 Å². The topological polar surface area (TPSA) is 42.0 Å². The molecule has 0 radical (unpaired) electrons. The lowest BCUT2D eigenvalue weighted by molar-refractivity contribution is 0.0952. The summed E-state index contributed by atoms with van der Waals surface area (Å²) in [6, 6.07) is 3.60. The van der Waals surface area contributed by atoms with Crippen LogP contribution >= 0.6 is 22.6 Å². The van der Waals surface area contributed by atoms with Gasteiger partial charge in [-0.1, -0.05) is 29.0 Å². The number of aryl methyl sites for hydroxylation is 1. The first-order valence-electron chi connectivity index (χ1n) is 5.51. The van der Waals surface area contributed by atoms with Gasteiger partial charge in [0.1, 0.15) is 0 Å². The molecule has 1 rings (SSSR count). The van der Waals surface area contributed by atoms with Crippen LogP contribution in [0.5, 0.6) is 0 Å². The summed E-state index contributed by atoms with van der Waals surface area (Å²) in [5, 5.41) is 2.92. The van der Waals surface area contributed by atoms with Crippen LogP contribution in [-0.4, -0.2) is 21.9 Å². The molecule has 1 aromatic heterocycles. The molecule has 0 fully saturated rings. The number of hydrogen-bond acceptors (Lipinski definition) is 2. The summed E-state index contributed by atoms with van der Waals surface area (Å²) in [6.45, 7) is 2.61. The molecule has 1 heterocycles. The van der Waals surface area contributed by atoms with E-state index in [-0.39, 0.29) is 5.91 Å². The van der Waals surface area contributed by atoms with Gasteiger partial charge in [0.15, 0.2) is 0 Å². The minimum Gasteiger partial charge on any atom is -0.352 e. The van der Waals surface area contributed by atoms with Gasteiger partial charge < -0.3 is 5.32 Å². The predicted molar refractivity (Wildman–Crippen MR) is 74.0 cm³/mol. The molecule has 0 atom stereocenters. The van der Waals surface area contributed by atoms with E-state index in [4.69, 9.17) is 0 Å². The van der Waals surface area contributed by atoms with Crippen molar-refractivity contribution in [2.75, 3.05) is 11.0 Å². The molecule has 0 saturated carbocycles. The normalized spacial score (nSPS) is 10.1. The molecule has 0 spiro atoms. The van der Waals surface area contributed by atoms with Crippen molar-refractivity contribution in [3.05, 3.63) is 29.6 Å². The summed E-state index contributed by atoms with van der Waals surface area (Å²) in [7, 11) is 0. The van der Waals surface area contributed by atoms with Crippen LogP contribution in [0.1, 0.15) is 35.3 Å². The molecule has 4 heteroatoms. The first-order chi connectivity index (χ1) is 7.75. The van der Waals surface area contributed by atoms with Crippen molar-refractivity contribution >= 4 is 28.5 Å². The van der Waals surface area contributed by atoms with Crippen LogP contribution in [0.4, 0.5) is 0 Å². The molecule has 0 aliphatic carbocycles. The van der Waals surface area contributed by atoms with Crippen LogP contribution in [0.15, 0.2) is 18.3 Å². The van der Waals surface area contributed by atoms with Crippen molar-refractivity contribution in [1.82, 2.24) is 10.3 Å². The first kappa shape index (κ1) is 13.4. The van der Waals surface area contributed by atoms with E-state index in [0.717, 1.165) is 18.7 Å². The van der Waals surface area contributed by atoms with Crippen LogP contribution in [0.25, 0.3) is 0 Å². The lowest BCUT2D eigenvalue weighted by Crippen LogP contribution is -2.25. The minimum absolute atomic E-state index is 0.0138. The quantitative estimate of drug-likeness (QED) is 0.494. The number of alkyl halides is 1. The second-order valence-corrected chi connectivity index (χ2v) is 4.72. The number of nitrogens with one attached hydrogen (secondary N) is 1. The number of carbonyl (C=O) groups is 1. The molecule has 0 aromatic carbocycles. The van der Waals surface area contributed by atoms with Gasteiger partial charge >= 0.3 is 0 Å². The molecule has 0 bridgehead atoms. The number of carbonyl (C=O) groups excluding carboxylic acids is 1. The highest BCUT2D eigenvalue weighted by atomic mass is 127.